The van der Waals surface area contributed by atoms with E-state index in [2.05, 4.69) is 10.4 Å². The van der Waals surface area contributed by atoms with Gasteiger partial charge in [-0.3, -0.25) is 19.6 Å². The van der Waals surface area contributed by atoms with E-state index in [0.717, 1.165) is 11.3 Å². The first-order valence-corrected chi connectivity index (χ1v) is 10.4. The van der Waals surface area contributed by atoms with Gasteiger partial charge in [0.25, 0.3) is 11.6 Å². The molecule has 0 saturated heterocycles. The Morgan fingerprint density at radius 1 is 1.24 bits per heavy atom. The molecule has 0 atom stereocenters. The summed E-state index contributed by atoms with van der Waals surface area (Å²) in [5.74, 6) is 0.858. The molecule has 0 radical (unpaired) electrons. The first-order valence-electron chi connectivity index (χ1n) is 10.0. The molecule has 0 fully saturated rings. The zero-order chi connectivity index (χ0) is 24.1. The molecule has 1 N–H and O–H groups in total. The molecule has 4 aromatic rings. The molecule has 2 heterocycles. The van der Waals surface area contributed by atoms with Gasteiger partial charge in [0.1, 0.15) is 23.9 Å². The topological polar surface area (TPSA) is 122 Å². The van der Waals surface area contributed by atoms with Crippen molar-refractivity contribution in [2.24, 2.45) is 0 Å². The monoisotopic (exact) mass is 482 g/mol. The number of anilines is 1. The minimum absolute atomic E-state index is 0.0629. The Balaban J connectivity index is 1.35. The Hall–Kier alpha value is -4.31. The van der Waals surface area contributed by atoms with Crippen LogP contribution in [0.3, 0.4) is 0 Å². The van der Waals surface area contributed by atoms with Crippen LogP contribution >= 0.6 is 11.6 Å². The lowest BCUT2D eigenvalue weighted by atomic mass is 10.2. The van der Waals surface area contributed by atoms with Crippen LogP contribution in [0.2, 0.25) is 5.02 Å². The number of carbonyl (C=O) groups is 1. The van der Waals surface area contributed by atoms with Gasteiger partial charge in [-0.05, 0) is 35.9 Å². The molecule has 4 rings (SSSR count). The lowest BCUT2D eigenvalue weighted by Gasteiger charge is -2.06. The SMILES string of the molecule is COc1cccc(Cn2cc(NC(=O)c3ccc(COc4cc([N+](=O)[O-])ccc4Cl)o3)cn2)c1. The fourth-order valence-corrected chi connectivity index (χ4v) is 3.28. The largest absolute Gasteiger partial charge is 0.497 e. The van der Waals surface area contributed by atoms with E-state index in [-0.39, 0.29) is 28.8 Å². The van der Waals surface area contributed by atoms with Crippen molar-refractivity contribution >= 4 is 28.9 Å². The molecule has 0 aliphatic carbocycles. The molecule has 0 aliphatic heterocycles. The Morgan fingerprint density at radius 2 is 2.09 bits per heavy atom. The average Bonchev–Trinajstić information content (AvgIpc) is 3.48. The van der Waals surface area contributed by atoms with Crippen LogP contribution in [0.5, 0.6) is 11.5 Å². The molecule has 11 heteroatoms. The quantitative estimate of drug-likeness (QED) is 0.265. The second-order valence-corrected chi connectivity index (χ2v) is 7.57. The molecule has 1 amide bonds. The molecular formula is C23H19ClN4O6. The lowest BCUT2D eigenvalue weighted by Crippen LogP contribution is -2.10. The summed E-state index contributed by atoms with van der Waals surface area (Å²) in [6.07, 6.45) is 3.24. The maximum Gasteiger partial charge on any atom is 0.291 e. The van der Waals surface area contributed by atoms with Crippen LogP contribution in [0.15, 0.2) is 71.4 Å². The van der Waals surface area contributed by atoms with Gasteiger partial charge in [-0.1, -0.05) is 23.7 Å². The van der Waals surface area contributed by atoms with Crippen molar-refractivity contribution in [3.8, 4) is 11.5 Å². The number of non-ortho nitro benzene ring substituents is 1. The van der Waals surface area contributed by atoms with E-state index in [1.54, 1.807) is 24.1 Å². The number of carbonyl (C=O) groups excluding carboxylic acids is 1. The summed E-state index contributed by atoms with van der Waals surface area (Å²) < 4.78 is 18.0. The standard InChI is InChI=1S/C23H19ClN4O6/c1-32-18-4-2-3-15(9-18)12-27-13-16(11-25-27)26-23(29)21-8-6-19(34-21)14-33-22-10-17(28(30)31)5-7-20(22)24/h2-11,13H,12,14H2,1H3,(H,26,29). The second-order valence-electron chi connectivity index (χ2n) is 7.16. The van der Waals surface area contributed by atoms with Crippen molar-refractivity contribution < 1.29 is 23.6 Å². The highest BCUT2D eigenvalue weighted by molar-refractivity contribution is 6.32. The van der Waals surface area contributed by atoms with Crippen molar-refractivity contribution in [3.05, 3.63) is 99.2 Å². The third kappa shape index (κ3) is 5.54. The summed E-state index contributed by atoms with van der Waals surface area (Å²) in [5, 5.41) is 18.1. The molecule has 0 aliphatic rings. The molecule has 0 saturated carbocycles. The number of ether oxygens (including phenoxy) is 2. The van der Waals surface area contributed by atoms with Crippen molar-refractivity contribution in [3.63, 3.8) is 0 Å². The number of aromatic nitrogens is 2. The van der Waals surface area contributed by atoms with Crippen LogP contribution in [0.25, 0.3) is 0 Å². The Kier molecular flexibility index (Phi) is 6.79. The number of nitro groups is 1. The number of hydrogen-bond donors (Lipinski definition) is 1. The average molecular weight is 483 g/mol. The maximum atomic E-state index is 12.5. The van der Waals surface area contributed by atoms with Gasteiger partial charge in [-0.15, -0.1) is 0 Å². The number of rotatable bonds is 9. The molecular weight excluding hydrogens is 464 g/mol. The van der Waals surface area contributed by atoms with Crippen molar-refractivity contribution in [1.82, 2.24) is 9.78 Å². The van der Waals surface area contributed by atoms with Gasteiger partial charge in [-0.2, -0.15) is 5.10 Å². The van der Waals surface area contributed by atoms with E-state index >= 15 is 0 Å². The van der Waals surface area contributed by atoms with E-state index in [1.165, 1.54) is 30.5 Å². The normalized spacial score (nSPS) is 10.6. The number of furan rings is 1. The van der Waals surface area contributed by atoms with Crippen LogP contribution in [-0.4, -0.2) is 27.7 Å². The zero-order valence-corrected chi connectivity index (χ0v) is 18.7. The minimum atomic E-state index is -0.544. The van der Waals surface area contributed by atoms with Crippen LogP contribution < -0.4 is 14.8 Å². The molecule has 34 heavy (non-hydrogen) atoms. The van der Waals surface area contributed by atoms with Crippen molar-refractivity contribution in [1.29, 1.82) is 0 Å². The molecule has 0 bridgehead atoms. The third-order valence-corrected chi connectivity index (χ3v) is 5.06. The smallest absolute Gasteiger partial charge is 0.291 e. The Morgan fingerprint density at radius 3 is 2.88 bits per heavy atom. The molecule has 0 unspecified atom stereocenters. The number of nitrogens with zero attached hydrogens (tertiary/aromatic N) is 3. The molecule has 2 aromatic carbocycles. The summed E-state index contributed by atoms with van der Waals surface area (Å²) in [4.78, 5) is 22.9. The predicted octanol–water partition coefficient (Wildman–Crippen LogP) is 4.93. The highest BCUT2D eigenvalue weighted by Gasteiger charge is 2.15. The van der Waals surface area contributed by atoms with Gasteiger partial charge >= 0.3 is 0 Å². The first kappa shape index (κ1) is 22.9. The number of nitrogens with one attached hydrogen (secondary N) is 1. The van der Waals surface area contributed by atoms with Crippen molar-refractivity contribution in [2.75, 3.05) is 12.4 Å². The molecule has 0 spiro atoms. The predicted molar refractivity (Wildman–Crippen MR) is 123 cm³/mol. The van der Waals surface area contributed by atoms with Gasteiger partial charge in [0, 0.05) is 12.3 Å². The van der Waals surface area contributed by atoms with Crippen LogP contribution in [-0.2, 0) is 13.2 Å². The van der Waals surface area contributed by atoms with E-state index in [0.29, 0.717) is 18.0 Å². The van der Waals surface area contributed by atoms with Gasteiger partial charge in [0.05, 0.1) is 41.6 Å². The Labute approximate surface area is 198 Å². The van der Waals surface area contributed by atoms with Crippen LogP contribution in [0.4, 0.5) is 11.4 Å². The summed E-state index contributed by atoms with van der Waals surface area (Å²) >= 11 is 6.02. The number of halogens is 1. The molecule has 10 nitrogen and oxygen atoms in total. The highest BCUT2D eigenvalue weighted by atomic mass is 35.5. The van der Waals surface area contributed by atoms with Crippen molar-refractivity contribution in [2.45, 2.75) is 13.2 Å². The van der Waals surface area contributed by atoms with E-state index in [9.17, 15) is 14.9 Å². The number of methoxy groups -OCH3 is 1. The number of amides is 1. The summed E-state index contributed by atoms with van der Waals surface area (Å²) in [7, 11) is 1.61. The molecule has 2 aromatic heterocycles. The fraction of sp³-hybridized carbons (Fsp3) is 0.130. The minimum Gasteiger partial charge on any atom is -0.497 e. The van der Waals surface area contributed by atoms with Gasteiger partial charge in [0.2, 0.25) is 0 Å². The Bertz CT molecular complexity index is 1330. The van der Waals surface area contributed by atoms with Gasteiger partial charge in [0.15, 0.2) is 5.76 Å². The lowest BCUT2D eigenvalue weighted by molar-refractivity contribution is -0.384. The number of nitro benzene ring substituents is 1. The first-order chi connectivity index (χ1) is 16.4. The van der Waals surface area contributed by atoms with Gasteiger partial charge < -0.3 is 19.2 Å². The van der Waals surface area contributed by atoms with Crippen LogP contribution in [0, 0.1) is 10.1 Å². The van der Waals surface area contributed by atoms with E-state index in [1.807, 2.05) is 24.3 Å². The summed E-state index contributed by atoms with van der Waals surface area (Å²) in [6, 6.07) is 14.6. The number of hydrogen-bond acceptors (Lipinski definition) is 7. The third-order valence-electron chi connectivity index (χ3n) is 4.75. The van der Waals surface area contributed by atoms with Gasteiger partial charge in [-0.25, -0.2) is 0 Å². The highest BCUT2D eigenvalue weighted by Crippen LogP contribution is 2.29. The maximum absolute atomic E-state index is 12.5. The second kappa shape index (κ2) is 10.1. The summed E-state index contributed by atoms with van der Waals surface area (Å²) in [5.41, 5.74) is 1.36. The number of benzene rings is 2. The van der Waals surface area contributed by atoms with E-state index < -0.39 is 10.8 Å². The zero-order valence-electron chi connectivity index (χ0n) is 17.9. The van der Waals surface area contributed by atoms with Crippen LogP contribution in [0.1, 0.15) is 21.9 Å². The van der Waals surface area contributed by atoms with E-state index in [4.69, 9.17) is 25.5 Å². The summed E-state index contributed by atoms with van der Waals surface area (Å²) in [6.45, 7) is 0.447. The molecule has 174 valence electrons. The fourth-order valence-electron chi connectivity index (χ4n) is 3.11.